The molecular weight excluding hydrogens is 352 g/mol. The van der Waals surface area contributed by atoms with Crippen molar-refractivity contribution in [2.45, 2.75) is 64.0 Å². The molecule has 4 rings (SSSR count). The third-order valence-electron chi connectivity index (χ3n) is 6.01. The van der Waals surface area contributed by atoms with Gasteiger partial charge < -0.3 is 9.88 Å². The van der Waals surface area contributed by atoms with E-state index in [2.05, 4.69) is 10.4 Å². The molecule has 1 atom stereocenters. The Hall–Kier alpha value is -2.63. The van der Waals surface area contributed by atoms with Crippen LogP contribution in [-0.4, -0.2) is 26.3 Å². The molecule has 0 spiro atoms. The third-order valence-corrected chi connectivity index (χ3v) is 6.01. The van der Waals surface area contributed by atoms with E-state index < -0.39 is 6.04 Å². The summed E-state index contributed by atoms with van der Waals surface area (Å²) >= 11 is 0. The number of rotatable bonds is 4. The van der Waals surface area contributed by atoms with Gasteiger partial charge >= 0.3 is 0 Å². The molecule has 6 heteroatoms. The number of aryl methyl sites for hydroxylation is 1. The van der Waals surface area contributed by atoms with Crippen LogP contribution in [0.4, 0.5) is 0 Å². The molecule has 1 saturated carbocycles. The van der Waals surface area contributed by atoms with E-state index >= 15 is 0 Å². The molecule has 1 N–H and O–H groups in total. The number of benzene rings is 1. The smallest absolute Gasteiger partial charge is 0.291 e. The van der Waals surface area contributed by atoms with Crippen molar-refractivity contribution in [2.75, 3.05) is 0 Å². The van der Waals surface area contributed by atoms with Gasteiger partial charge in [-0.1, -0.05) is 50.8 Å². The van der Waals surface area contributed by atoms with Crippen LogP contribution in [0.15, 0.2) is 35.3 Å². The molecule has 0 bridgehead atoms. The highest BCUT2D eigenvalue weighted by molar-refractivity contribution is 6.08. The maximum atomic E-state index is 13.3. The summed E-state index contributed by atoms with van der Waals surface area (Å²) in [5.41, 5.74) is 1.29. The largest absolute Gasteiger partial charge is 0.352 e. The van der Waals surface area contributed by atoms with Crippen LogP contribution in [0.2, 0.25) is 0 Å². The summed E-state index contributed by atoms with van der Waals surface area (Å²) in [5.74, 6) is 0.0101. The summed E-state index contributed by atoms with van der Waals surface area (Å²) in [5, 5.41) is 9.24. The van der Waals surface area contributed by atoms with Gasteiger partial charge in [-0.05, 0) is 25.3 Å². The van der Waals surface area contributed by atoms with Gasteiger partial charge in [0.15, 0.2) is 0 Å². The highest BCUT2D eigenvalue weighted by Crippen LogP contribution is 2.31. The quantitative estimate of drug-likeness (QED) is 0.702. The summed E-state index contributed by atoms with van der Waals surface area (Å²) in [4.78, 5) is 26.2. The summed E-state index contributed by atoms with van der Waals surface area (Å²) < 4.78 is 3.27. The van der Waals surface area contributed by atoms with Crippen molar-refractivity contribution in [3.63, 3.8) is 0 Å². The molecule has 1 fully saturated rings. The molecule has 2 heterocycles. The SMILES string of the molecule is CC[C@H](C(=O)NC1CCCCCC1)n1c2ccccc2c2cnn(C)c(=O)c21. The Balaban J connectivity index is 1.81. The van der Waals surface area contributed by atoms with Crippen molar-refractivity contribution in [3.8, 4) is 0 Å². The van der Waals surface area contributed by atoms with E-state index in [0.717, 1.165) is 29.1 Å². The molecule has 0 aliphatic heterocycles. The summed E-state index contributed by atoms with van der Waals surface area (Å²) in [6, 6.07) is 7.70. The van der Waals surface area contributed by atoms with Crippen LogP contribution in [-0.2, 0) is 11.8 Å². The van der Waals surface area contributed by atoms with Gasteiger partial charge in [-0.15, -0.1) is 0 Å². The number of para-hydroxylation sites is 1. The number of hydrogen-bond acceptors (Lipinski definition) is 3. The molecule has 1 aliphatic carbocycles. The molecule has 2 aromatic heterocycles. The molecule has 1 amide bonds. The molecule has 0 radical (unpaired) electrons. The van der Waals surface area contributed by atoms with Gasteiger partial charge in [-0.2, -0.15) is 5.10 Å². The van der Waals surface area contributed by atoms with E-state index in [9.17, 15) is 9.59 Å². The first-order valence-electron chi connectivity index (χ1n) is 10.4. The molecular formula is C22H28N4O2. The first-order valence-corrected chi connectivity index (χ1v) is 10.4. The zero-order chi connectivity index (χ0) is 19.7. The lowest BCUT2D eigenvalue weighted by Gasteiger charge is -2.23. The zero-order valence-corrected chi connectivity index (χ0v) is 16.6. The van der Waals surface area contributed by atoms with Crippen molar-refractivity contribution >= 4 is 27.7 Å². The van der Waals surface area contributed by atoms with Gasteiger partial charge in [0, 0.05) is 23.9 Å². The number of aromatic nitrogens is 3. The Morgan fingerprint density at radius 1 is 1.18 bits per heavy atom. The van der Waals surface area contributed by atoms with Crippen LogP contribution in [0.5, 0.6) is 0 Å². The fourth-order valence-electron chi connectivity index (χ4n) is 4.52. The van der Waals surface area contributed by atoms with Gasteiger partial charge in [0.25, 0.3) is 5.56 Å². The Bertz CT molecular complexity index is 1060. The van der Waals surface area contributed by atoms with Gasteiger partial charge in [0.1, 0.15) is 11.6 Å². The highest BCUT2D eigenvalue weighted by atomic mass is 16.2. The molecule has 0 saturated heterocycles. The van der Waals surface area contributed by atoms with E-state index in [1.165, 1.54) is 30.4 Å². The van der Waals surface area contributed by atoms with Crippen molar-refractivity contribution in [3.05, 3.63) is 40.8 Å². The van der Waals surface area contributed by atoms with Gasteiger partial charge in [0.2, 0.25) is 5.91 Å². The predicted molar refractivity (Wildman–Crippen MR) is 111 cm³/mol. The average Bonchev–Trinajstić information content (AvgIpc) is 2.83. The second kappa shape index (κ2) is 7.78. The number of fused-ring (bicyclic) bond motifs is 3. The Morgan fingerprint density at radius 3 is 2.61 bits per heavy atom. The van der Waals surface area contributed by atoms with E-state index in [1.807, 2.05) is 35.8 Å². The minimum Gasteiger partial charge on any atom is -0.352 e. The number of nitrogens with one attached hydrogen (secondary N) is 1. The van der Waals surface area contributed by atoms with E-state index in [1.54, 1.807) is 13.2 Å². The Morgan fingerprint density at radius 2 is 1.89 bits per heavy atom. The van der Waals surface area contributed by atoms with Gasteiger partial charge in [0.05, 0.1) is 11.7 Å². The standard InChI is InChI=1S/C22H28N4O2/c1-3-18(21(27)24-15-10-6-4-5-7-11-15)26-19-13-9-8-12-16(19)17-14-23-25(2)22(28)20(17)26/h8-9,12-15,18H,3-7,10-11H2,1-2H3,(H,24,27)/t18-/m1/s1. The Labute approximate surface area is 164 Å². The van der Waals surface area contributed by atoms with Crippen LogP contribution >= 0.6 is 0 Å². The van der Waals surface area contributed by atoms with Gasteiger partial charge in [-0.25, -0.2) is 4.68 Å². The summed E-state index contributed by atoms with van der Waals surface area (Å²) in [6.45, 7) is 2.00. The normalized spacial score (nSPS) is 16.9. The minimum absolute atomic E-state index is 0.0101. The topological polar surface area (TPSA) is 68.9 Å². The van der Waals surface area contributed by atoms with Crippen LogP contribution in [0.3, 0.4) is 0 Å². The van der Waals surface area contributed by atoms with Crippen LogP contribution in [0.25, 0.3) is 21.8 Å². The number of hydrogen-bond donors (Lipinski definition) is 1. The minimum atomic E-state index is -0.416. The lowest BCUT2D eigenvalue weighted by Crippen LogP contribution is -2.40. The fourth-order valence-corrected chi connectivity index (χ4v) is 4.52. The van der Waals surface area contributed by atoms with Crippen molar-refractivity contribution in [2.24, 2.45) is 7.05 Å². The molecule has 148 valence electrons. The van der Waals surface area contributed by atoms with E-state index in [-0.39, 0.29) is 17.5 Å². The number of nitrogens with zero attached hydrogens (tertiary/aromatic N) is 3. The first-order chi connectivity index (χ1) is 13.6. The monoisotopic (exact) mass is 380 g/mol. The van der Waals surface area contributed by atoms with Gasteiger partial charge in [-0.3, -0.25) is 9.59 Å². The lowest BCUT2D eigenvalue weighted by molar-refractivity contribution is -0.125. The number of carbonyl (C=O) groups excluding carboxylic acids is 1. The van der Waals surface area contributed by atoms with E-state index in [0.29, 0.717) is 11.9 Å². The average molecular weight is 380 g/mol. The second-order valence-electron chi connectivity index (χ2n) is 7.84. The molecule has 28 heavy (non-hydrogen) atoms. The summed E-state index contributed by atoms with van der Waals surface area (Å²) in [6.07, 6.45) is 9.27. The first kappa shape index (κ1) is 18.7. The van der Waals surface area contributed by atoms with Crippen molar-refractivity contribution in [1.82, 2.24) is 19.7 Å². The lowest BCUT2D eigenvalue weighted by atomic mass is 10.1. The van der Waals surface area contributed by atoms with Crippen LogP contribution in [0, 0.1) is 0 Å². The molecule has 3 aromatic rings. The second-order valence-corrected chi connectivity index (χ2v) is 7.84. The van der Waals surface area contributed by atoms with E-state index in [4.69, 9.17) is 0 Å². The predicted octanol–water partition coefficient (Wildman–Crippen LogP) is 3.68. The Kier molecular flexibility index (Phi) is 5.20. The van der Waals surface area contributed by atoms with Crippen LogP contribution in [0.1, 0.15) is 57.9 Å². The van der Waals surface area contributed by atoms with Crippen LogP contribution < -0.4 is 10.9 Å². The number of carbonyl (C=O) groups is 1. The maximum Gasteiger partial charge on any atom is 0.291 e. The highest BCUT2D eigenvalue weighted by Gasteiger charge is 2.27. The summed E-state index contributed by atoms with van der Waals surface area (Å²) in [7, 11) is 1.65. The molecule has 1 aromatic carbocycles. The number of amides is 1. The zero-order valence-electron chi connectivity index (χ0n) is 16.6. The molecule has 6 nitrogen and oxygen atoms in total. The third kappa shape index (κ3) is 3.21. The van der Waals surface area contributed by atoms with Crippen molar-refractivity contribution in [1.29, 1.82) is 0 Å². The molecule has 1 aliphatic rings. The molecule has 0 unspecified atom stereocenters. The van der Waals surface area contributed by atoms with Crippen molar-refractivity contribution < 1.29 is 4.79 Å². The fraction of sp³-hybridized carbons (Fsp3) is 0.500. The maximum absolute atomic E-state index is 13.3.